The molecule has 2 aromatic heterocycles. The molecule has 0 radical (unpaired) electrons. The van der Waals surface area contributed by atoms with Crippen LogP contribution in [0.4, 0.5) is 10.5 Å². The maximum absolute atomic E-state index is 11.7. The van der Waals surface area contributed by atoms with Crippen molar-refractivity contribution < 1.29 is 4.79 Å². The van der Waals surface area contributed by atoms with Crippen LogP contribution in [0.3, 0.4) is 0 Å². The summed E-state index contributed by atoms with van der Waals surface area (Å²) in [5, 5.41) is 12.3. The van der Waals surface area contributed by atoms with E-state index in [0.29, 0.717) is 12.2 Å². The molecule has 0 bridgehead atoms. The van der Waals surface area contributed by atoms with Crippen LogP contribution < -0.4 is 10.6 Å². The number of urea groups is 1. The molecule has 2 aromatic rings. The maximum Gasteiger partial charge on any atom is 0.319 e. The van der Waals surface area contributed by atoms with Crippen molar-refractivity contribution in [2.24, 2.45) is 0 Å². The predicted octanol–water partition coefficient (Wildman–Crippen LogP) is 1.74. The van der Waals surface area contributed by atoms with Crippen LogP contribution >= 0.6 is 0 Å². The van der Waals surface area contributed by atoms with E-state index in [1.807, 2.05) is 32.0 Å². The van der Waals surface area contributed by atoms with Crippen molar-refractivity contribution in [2.45, 2.75) is 20.4 Å². The third-order valence-corrected chi connectivity index (χ3v) is 2.52. The molecule has 6 heteroatoms. The number of aromatic amines is 1. The number of aryl methyl sites for hydroxylation is 2. The zero-order valence-corrected chi connectivity index (χ0v) is 10.3. The van der Waals surface area contributed by atoms with Crippen LogP contribution in [0.2, 0.25) is 0 Å². The maximum atomic E-state index is 11.7. The van der Waals surface area contributed by atoms with Crippen LogP contribution in [-0.2, 0) is 6.54 Å². The predicted molar refractivity (Wildman–Crippen MR) is 68.2 cm³/mol. The van der Waals surface area contributed by atoms with Crippen LogP contribution in [0.25, 0.3) is 0 Å². The summed E-state index contributed by atoms with van der Waals surface area (Å²) in [7, 11) is 0. The second-order valence-corrected chi connectivity index (χ2v) is 3.94. The fourth-order valence-electron chi connectivity index (χ4n) is 1.57. The Bertz CT molecular complexity index is 515. The number of hydrogen-bond donors (Lipinski definition) is 3. The number of aromatic nitrogens is 3. The van der Waals surface area contributed by atoms with Crippen LogP contribution in [-0.4, -0.2) is 21.2 Å². The van der Waals surface area contributed by atoms with E-state index < -0.39 is 0 Å². The summed E-state index contributed by atoms with van der Waals surface area (Å²) in [5.74, 6) is 0. The molecule has 2 amide bonds. The topological polar surface area (TPSA) is 82.7 Å². The van der Waals surface area contributed by atoms with E-state index in [0.717, 1.165) is 17.1 Å². The van der Waals surface area contributed by atoms with E-state index >= 15 is 0 Å². The summed E-state index contributed by atoms with van der Waals surface area (Å²) in [6.07, 6.45) is 1.69. The van der Waals surface area contributed by atoms with Gasteiger partial charge in [0, 0.05) is 6.20 Å². The SMILES string of the molecule is Cc1n[nH]c(C)c1NC(=O)NCc1ccccn1. The van der Waals surface area contributed by atoms with Gasteiger partial charge >= 0.3 is 6.03 Å². The zero-order chi connectivity index (χ0) is 13.0. The molecular formula is C12H15N5O. The van der Waals surface area contributed by atoms with Crippen molar-refractivity contribution in [1.29, 1.82) is 0 Å². The first-order chi connectivity index (χ1) is 8.66. The van der Waals surface area contributed by atoms with Gasteiger partial charge in [-0.2, -0.15) is 5.10 Å². The average Bonchev–Trinajstić information content (AvgIpc) is 2.69. The minimum atomic E-state index is -0.270. The van der Waals surface area contributed by atoms with Crippen molar-refractivity contribution >= 4 is 11.7 Å². The monoisotopic (exact) mass is 245 g/mol. The van der Waals surface area contributed by atoms with Gasteiger partial charge in [0.2, 0.25) is 0 Å². The Morgan fingerprint density at radius 1 is 1.39 bits per heavy atom. The van der Waals surface area contributed by atoms with Crippen LogP contribution in [0, 0.1) is 13.8 Å². The lowest BCUT2D eigenvalue weighted by molar-refractivity contribution is 0.251. The molecule has 0 saturated carbocycles. The van der Waals surface area contributed by atoms with Gasteiger partial charge < -0.3 is 10.6 Å². The number of nitrogens with zero attached hydrogens (tertiary/aromatic N) is 2. The standard InChI is InChI=1S/C12H15N5O/c1-8-11(9(2)17-16-8)15-12(18)14-7-10-5-3-4-6-13-10/h3-6H,7H2,1-2H3,(H,16,17)(H2,14,15,18). The third-order valence-electron chi connectivity index (χ3n) is 2.52. The molecule has 0 aliphatic heterocycles. The van der Waals surface area contributed by atoms with E-state index in [2.05, 4.69) is 25.8 Å². The molecule has 0 aliphatic carbocycles. The second-order valence-electron chi connectivity index (χ2n) is 3.94. The van der Waals surface area contributed by atoms with Gasteiger partial charge in [0.25, 0.3) is 0 Å². The third kappa shape index (κ3) is 2.85. The molecule has 94 valence electrons. The van der Waals surface area contributed by atoms with Gasteiger partial charge in [0.1, 0.15) is 0 Å². The quantitative estimate of drug-likeness (QED) is 0.770. The second kappa shape index (κ2) is 5.31. The number of carbonyl (C=O) groups excluding carboxylic acids is 1. The average molecular weight is 245 g/mol. The Morgan fingerprint density at radius 3 is 2.83 bits per heavy atom. The van der Waals surface area contributed by atoms with Crippen molar-refractivity contribution in [3.63, 3.8) is 0 Å². The van der Waals surface area contributed by atoms with Crippen molar-refractivity contribution in [2.75, 3.05) is 5.32 Å². The van der Waals surface area contributed by atoms with Gasteiger partial charge in [-0.15, -0.1) is 0 Å². The summed E-state index contributed by atoms with van der Waals surface area (Å²) in [6.45, 7) is 4.08. The van der Waals surface area contributed by atoms with Crippen molar-refractivity contribution in [3.8, 4) is 0 Å². The first-order valence-electron chi connectivity index (χ1n) is 5.63. The van der Waals surface area contributed by atoms with Crippen LogP contribution in [0.5, 0.6) is 0 Å². The van der Waals surface area contributed by atoms with Crippen molar-refractivity contribution in [3.05, 3.63) is 41.5 Å². The lowest BCUT2D eigenvalue weighted by Gasteiger charge is -2.07. The molecular weight excluding hydrogens is 230 g/mol. The minimum Gasteiger partial charge on any atom is -0.332 e. The Labute approximate surface area is 105 Å². The number of rotatable bonds is 3. The Kier molecular flexibility index (Phi) is 3.57. The molecule has 0 unspecified atom stereocenters. The van der Waals surface area contributed by atoms with E-state index in [1.54, 1.807) is 6.20 Å². The molecule has 0 aromatic carbocycles. The van der Waals surface area contributed by atoms with Crippen LogP contribution in [0.1, 0.15) is 17.1 Å². The van der Waals surface area contributed by atoms with Gasteiger partial charge in [0.05, 0.1) is 29.3 Å². The van der Waals surface area contributed by atoms with E-state index in [4.69, 9.17) is 0 Å². The number of nitrogens with one attached hydrogen (secondary N) is 3. The fraction of sp³-hybridized carbons (Fsp3) is 0.250. The van der Waals surface area contributed by atoms with Gasteiger partial charge in [-0.3, -0.25) is 10.1 Å². The van der Waals surface area contributed by atoms with E-state index in [1.165, 1.54) is 0 Å². The zero-order valence-electron chi connectivity index (χ0n) is 10.3. The molecule has 0 aliphatic rings. The lowest BCUT2D eigenvalue weighted by atomic mass is 10.3. The highest BCUT2D eigenvalue weighted by Crippen LogP contribution is 2.15. The van der Waals surface area contributed by atoms with Gasteiger partial charge in [0.15, 0.2) is 0 Å². The molecule has 2 rings (SSSR count). The first-order valence-corrected chi connectivity index (χ1v) is 5.63. The molecule has 18 heavy (non-hydrogen) atoms. The number of anilines is 1. The molecule has 2 heterocycles. The molecule has 0 fully saturated rings. The Balaban J connectivity index is 1.90. The minimum absolute atomic E-state index is 0.270. The lowest BCUT2D eigenvalue weighted by Crippen LogP contribution is -2.28. The number of H-pyrrole nitrogens is 1. The fourth-order valence-corrected chi connectivity index (χ4v) is 1.57. The Morgan fingerprint density at radius 2 is 2.22 bits per heavy atom. The highest BCUT2D eigenvalue weighted by molar-refractivity contribution is 5.90. The summed E-state index contributed by atoms with van der Waals surface area (Å²) >= 11 is 0. The normalized spacial score (nSPS) is 10.1. The summed E-state index contributed by atoms with van der Waals surface area (Å²) in [4.78, 5) is 15.8. The highest BCUT2D eigenvalue weighted by atomic mass is 16.2. The largest absolute Gasteiger partial charge is 0.332 e. The molecule has 6 nitrogen and oxygen atoms in total. The van der Waals surface area contributed by atoms with Crippen LogP contribution in [0.15, 0.2) is 24.4 Å². The number of hydrogen-bond acceptors (Lipinski definition) is 3. The number of carbonyl (C=O) groups is 1. The highest BCUT2D eigenvalue weighted by Gasteiger charge is 2.09. The van der Waals surface area contributed by atoms with E-state index in [-0.39, 0.29) is 6.03 Å². The smallest absolute Gasteiger partial charge is 0.319 e. The summed E-state index contributed by atoms with van der Waals surface area (Å²) in [6, 6.07) is 5.30. The molecule has 3 N–H and O–H groups in total. The van der Waals surface area contributed by atoms with Gasteiger partial charge in [-0.05, 0) is 26.0 Å². The summed E-state index contributed by atoms with van der Waals surface area (Å²) in [5.41, 5.74) is 3.13. The summed E-state index contributed by atoms with van der Waals surface area (Å²) < 4.78 is 0. The van der Waals surface area contributed by atoms with Gasteiger partial charge in [-0.1, -0.05) is 6.07 Å². The number of amides is 2. The first kappa shape index (κ1) is 12.1. The van der Waals surface area contributed by atoms with E-state index in [9.17, 15) is 4.79 Å². The molecule has 0 atom stereocenters. The molecule has 0 saturated heterocycles. The van der Waals surface area contributed by atoms with Gasteiger partial charge in [-0.25, -0.2) is 4.79 Å². The van der Waals surface area contributed by atoms with Crippen molar-refractivity contribution in [1.82, 2.24) is 20.5 Å². The molecule has 0 spiro atoms. The Hall–Kier alpha value is -2.37. The number of pyridine rings is 1.